The standard InChI is InChI=1S/C63H74F5N9O9S3/c1-60(2)22-20-42(48(35-60)61-38-62(39-61,40-61)59(64)65)36-75-30-32-76(33-31-75)44-14-12-41(13-15-44)55(79)72-89(85,86)46-16-17-49(52(34-46)88(83,84)63(66,67)68)70-43(37-87-45-8-4-3-5-9-45)21-25-74-28-26-73(27-29-74)24-7-23-69-50-11-6-10-47-54(50)58(82)77(57(47)81)51-18-19-53(78)71-56(51)80/h3-6,8-17,34,43,51,59,69-70H,7,18-33,35-40H2,1-2H3,(H,72,79)(H,71,78,80)/t43-,51?,61?,62?/m1/s1. The number of nitrogens with one attached hydrogen (secondary N) is 4. The van der Waals surface area contributed by atoms with Crippen molar-refractivity contribution < 1.29 is 62.8 Å². The molecule has 6 fully saturated rings. The number of alkyl halides is 5. The zero-order chi connectivity index (χ0) is 63.3. The highest BCUT2D eigenvalue weighted by atomic mass is 32.2. The fourth-order valence-corrected chi connectivity index (χ4v) is 17.0. The van der Waals surface area contributed by atoms with Crippen molar-refractivity contribution >= 4 is 78.2 Å². The molecule has 3 saturated carbocycles. The first-order valence-electron chi connectivity index (χ1n) is 30.3. The lowest BCUT2D eigenvalue weighted by Gasteiger charge is -2.72. The number of nitrogens with zero attached hydrogens (tertiary/aromatic N) is 5. The van der Waals surface area contributed by atoms with E-state index in [4.69, 9.17) is 0 Å². The SMILES string of the molecule is CC1(C)CCC(CN2CCN(c3ccc(C(=O)NS(=O)(=O)c4ccc(N[C@H](CCN5CCN(CCCNc6cccc7c6C(=O)N(C6CCC(=O)NC6=O)C7=O)CC5)CSc5ccccc5)c(S(=O)(=O)C(F)(F)F)c4)cc3)CC2)=C(C23CC(C(F)F)(C2)C3)C1. The molecule has 26 heteroatoms. The minimum atomic E-state index is -6.16. The third-order valence-electron chi connectivity index (χ3n) is 19.0. The number of piperazine rings is 2. The van der Waals surface area contributed by atoms with Crippen molar-refractivity contribution in [3.63, 3.8) is 0 Å². The Balaban J connectivity index is 0.688. The van der Waals surface area contributed by atoms with Crippen LogP contribution in [0.1, 0.15) is 109 Å². The van der Waals surface area contributed by atoms with E-state index in [1.807, 2.05) is 35.1 Å². The van der Waals surface area contributed by atoms with Gasteiger partial charge in [-0.1, -0.05) is 49.3 Å². The van der Waals surface area contributed by atoms with Crippen molar-refractivity contribution in [3.05, 3.63) is 119 Å². The molecule has 0 aromatic heterocycles. The zero-order valence-electron chi connectivity index (χ0n) is 49.7. The molecule has 8 aliphatic rings. The van der Waals surface area contributed by atoms with Gasteiger partial charge in [0.25, 0.3) is 37.6 Å². The van der Waals surface area contributed by atoms with E-state index >= 15 is 0 Å². The van der Waals surface area contributed by atoms with E-state index in [1.165, 1.54) is 41.1 Å². The molecule has 4 heterocycles. The summed E-state index contributed by atoms with van der Waals surface area (Å²) in [6, 6.07) is 21.1. The molecule has 0 spiro atoms. The number of sulfone groups is 1. The normalized spacial score (nSPS) is 23.8. The molecule has 2 atom stereocenters. The molecular formula is C63H74F5N9O9S3. The number of thioether (sulfide) groups is 1. The molecule has 5 amide bonds. The third kappa shape index (κ3) is 13.5. The highest BCUT2D eigenvalue weighted by Gasteiger charge is 2.73. The second-order valence-electron chi connectivity index (χ2n) is 25.6. The summed E-state index contributed by atoms with van der Waals surface area (Å²) in [7, 11) is -11.1. The highest BCUT2D eigenvalue weighted by Crippen LogP contribution is 2.79. The number of hydrogen-bond donors (Lipinski definition) is 4. The van der Waals surface area contributed by atoms with Crippen LogP contribution in [0.15, 0.2) is 117 Å². The summed E-state index contributed by atoms with van der Waals surface area (Å²) in [4.78, 5) is 73.3. The van der Waals surface area contributed by atoms with E-state index in [0.717, 1.165) is 66.5 Å². The maximum Gasteiger partial charge on any atom is 0.501 e. The van der Waals surface area contributed by atoms with Crippen molar-refractivity contribution in [2.75, 3.05) is 99.8 Å². The van der Waals surface area contributed by atoms with Crippen LogP contribution in [0, 0.1) is 16.2 Å². The van der Waals surface area contributed by atoms with E-state index in [0.29, 0.717) is 109 Å². The van der Waals surface area contributed by atoms with Gasteiger partial charge >= 0.3 is 5.51 Å². The smallest absolute Gasteiger partial charge is 0.384 e. The molecule has 0 radical (unpaired) electrons. The van der Waals surface area contributed by atoms with Crippen LogP contribution in [-0.4, -0.2) is 174 Å². The summed E-state index contributed by atoms with van der Waals surface area (Å²) in [5, 5.41) is 8.50. The molecule has 12 rings (SSSR count). The number of imide groups is 2. The number of rotatable bonds is 23. The van der Waals surface area contributed by atoms with Gasteiger partial charge in [-0.2, -0.15) is 13.2 Å². The fourth-order valence-electron chi connectivity index (χ4n) is 14.0. The number of amides is 5. The summed E-state index contributed by atoms with van der Waals surface area (Å²) in [6.45, 7) is 12.5. The maximum absolute atomic E-state index is 14.5. The van der Waals surface area contributed by atoms with Gasteiger partial charge in [-0.15, -0.1) is 11.8 Å². The van der Waals surface area contributed by atoms with Gasteiger partial charge < -0.3 is 25.3 Å². The Kier molecular flexibility index (Phi) is 18.2. The fraction of sp³-hybridized carbons (Fsp3) is 0.508. The Morgan fingerprint density at radius 2 is 1.45 bits per heavy atom. The number of carbonyl (C=O) groups excluding carboxylic acids is 5. The second-order valence-corrected chi connectivity index (χ2v) is 30.3. The molecular weight excluding hydrogens is 1220 g/mol. The van der Waals surface area contributed by atoms with Crippen molar-refractivity contribution in [1.82, 2.24) is 29.6 Å². The quantitative estimate of drug-likeness (QED) is 0.0180. The number of piperidine rings is 1. The van der Waals surface area contributed by atoms with Gasteiger partial charge in [0.1, 0.15) is 10.9 Å². The van der Waals surface area contributed by atoms with Crippen molar-refractivity contribution in [2.24, 2.45) is 16.2 Å². The zero-order valence-corrected chi connectivity index (χ0v) is 52.1. The first-order valence-corrected chi connectivity index (χ1v) is 34.3. The Morgan fingerprint density at radius 1 is 0.775 bits per heavy atom. The van der Waals surface area contributed by atoms with Crippen molar-refractivity contribution in [2.45, 2.75) is 117 Å². The lowest BCUT2D eigenvalue weighted by Crippen LogP contribution is -2.66. The molecule has 1 unspecified atom stereocenters. The topological polar surface area (TPSA) is 218 Å². The molecule has 4 aliphatic carbocycles. The highest BCUT2D eigenvalue weighted by molar-refractivity contribution is 7.99. The molecule has 3 saturated heterocycles. The number of allylic oxidation sites excluding steroid dienone is 1. The molecule has 89 heavy (non-hydrogen) atoms. The average molecular weight is 1290 g/mol. The molecule has 4 aliphatic heterocycles. The molecule has 478 valence electrons. The number of benzene rings is 4. The van der Waals surface area contributed by atoms with E-state index in [9.17, 15) is 62.8 Å². The van der Waals surface area contributed by atoms with Crippen LogP contribution < -0.4 is 25.6 Å². The Labute approximate surface area is 519 Å². The van der Waals surface area contributed by atoms with Gasteiger partial charge in [0, 0.05) is 117 Å². The Morgan fingerprint density at radius 3 is 2.11 bits per heavy atom. The lowest BCUT2D eigenvalue weighted by molar-refractivity contribution is -0.250. The first kappa shape index (κ1) is 64.1. The lowest BCUT2D eigenvalue weighted by atomic mass is 9.32. The summed E-state index contributed by atoms with van der Waals surface area (Å²) < 4.78 is 127. The average Bonchev–Trinajstić information content (AvgIpc) is 1.10. The van der Waals surface area contributed by atoms with Crippen molar-refractivity contribution in [3.8, 4) is 0 Å². The van der Waals surface area contributed by atoms with Crippen molar-refractivity contribution in [1.29, 1.82) is 0 Å². The predicted octanol–water partition coefficient (Wildman–Crippen LogP) is 8.65. The second kappa shape index (κ2) is 25.3. The summed E-state index contributed by atoms with van der Waals surface area (Å²) >= 11 is 1.41. The molecule has 4 N–H and O–H groups in total. The summed E-state index contributed by atoms with van der Waals surface area (Å²) in [5.74, 6) is -3.13. The molecule has 4 aromatic carbocycles. The monoisotopic (exact) mass is 1290 g/mol. The largest absolute Gasteiger partial charge is 0.501 e. The van der Waals surface area contributed by atoms with Crippen LogP contribution >= 0.6 is 11.8 Å². The maximum atomic E-state index is 14.5. The predicted molar refractivity (Wildman–Crippen MR) is 327 cm³/mol. The van der Waals surface area contributed by atoms with Gasteiger partial charge in [-0.05, 0) is 142 Å². The van der Waals surface area contributed by atoms with Gasteiger partial charge in [-0.25, -0.2) is 30.3 Å². The van der Waals surface area contributed by atoms with Crippen LogP contribution in [0.4, 0.5) is 39.0 Å². The van der Waals surface area contributed by atoms with Gasteiger partial charge in [0.2, 0.25) is 18.2 Å². The molecule has 2 bridgehead atoms. The van der Waals surface area contributed by atoms with Gasteiger partial charge in [-0.3, -0.25) is 39.1 Å². The van der Waals surface area contributed by atoms with E-state index in [1.54, 1.807) is 24.3 Å². The van der Waals surface area contributed by atoms with E-state index in [2.05, 4.69) is 49.4 Å². The number of sulfonamides is 1. The molecule has 18 nitrogen and oxygen atoms in total. The third-order valence-corrected chi connectivity index (χ3v) is 23.0. The van der Waals surface area contributed by atoms with Crippen LogP contribution in [0.25, 0.3) is 0 Å². The van der Waals surface area contributed by atoms with E-state index < -0.39 is 94.3 Å². The van der Waals surface area contributed by atoms with Crippen LogP contribution in [0.2, 0.25) is 0 Å². The van der Waals surface area contributed by atoms with E-state index in [-0.39, 0.29) is 40.4 Å². The van der Waals surface area contributed by atoms with Crippen LogP contribution in [-0.2, 0) is 29.4 Å². The minimum absolute atomic E-state index is 0.0112. The molecule has 4 aromatic rings. The first-order chi connectivity index (χ1) is 42.2. The van der Waals surface area contributed by atoms with Crippen LogP contribution in [0.3, 0.4) is 0 Å². The number of fused-ring (bicyclic) bond motifs is 1. The summed E-state index contributed by atoms with van der Waals surface area (Å²) in [5.41, 5.74) is -2.65. The Bertz CT molecular complexity index is 3630. The number of hydrogen-bond acceptors (Lipinski definition) is 16. The minimum Gasteiger partial charge on any atom is -0.384 e. The summed E-state index contributed by atoms with van der Waals surface area (Å²) in [6.07, 6.45) is 3.52. The van der Waals surface area contributed by atoms with Crippen LogP contribution in [0.5, 0.6) is 0 Å². The number of carbonyl (C=O) groups is 5. The number of anilines is 3. The number of halogens is 5. The van der Waals surface area contributed by atoms with Gasteiger partial charge in [0.05, 0.1) is 21.7 Å². The van der Waals surface area contributed by atoms with Gasteiger partial charge in [0.15, 0.2) is 0 Å². The Hall–Kier alpha value is -6.45.